The Morgan fingerprint density at radius 3 is 2.75 bits per heavy atom. The van der Waals surface area contributed by atoms with Crippen LogP contribution in [0.25, 0.3) is 0 Å². The Balaban J connectivity index is 2.94. The standard InChI is InChI=1S/C10H15NO/c1-4-9-6-8(3)11-7-10(9)12-5-2/h6-7H,4-5H2,1-3H3. The van der Waals surface area contributed by atoms with E-state index in [4.69, 9.17) is 4.74 Å². The highest BCUT2D eigenvalue weighted by Gasteiger charge is 2.01. The Hall–Kier alpha value is -1.05. The molecule has 0 aliphatic carbocycles. The second-order valence-electron chi connectivity index (χ2n) is 2.72. The third kappa shape index (κ3) is 1.97. The molecule has 0 saturated carbocycles. The van der Waals surface area contributed by atoms with Gasteiger partial charge in [-0.1, -0.05) is 6.92 Å². The first-order valence-electron chi connectivity index (χ1n) is 4.36. The van der Waals surface area contributed by atoms with Crippen LogP contribution in [0.3, 0.4) is 0 Å². The molecular formula is C10H15NO. The SMILES string of the molecule is CCOc1cnc(C)cc1CC. The summed E-state index contributed by atoms with van der Waals surface area (Å²) in [5.74, 6) is 0.922. The summed E-state index contributed by atoms with van der Waals surface area (Å²) in [6, 6.07) is 2.07. The van der Waals surface area contributed by atoms with Crippen molar-refractivity contribution in [3.05, 3.63) is 23.5 Å². The third-order valence-electron chi connectivity index (χ3n) is 1.77. The van der Waals surface area contributed by atoms with Crippen LogP contribution < -0.4 is 4.74 Å². The first-order chi connectivity index (χ1) is 5.77. The highest BCUT2D eigenvalue weighted by Crippen LogP contribution is 2.18. The van der Waals surface area contributed by atoms with Gasteiger partial charge in [0.05, 0.1) is 12.8 Å². The molecule has 2 heteroatoms. The van der Waals surface area contributed by atoms with Crippen LogP contribution in [0.4, 0.5) is 0 Å². The Morgan fingerprint density at radius 1 is 1.42 bits per heavy atom. The van der Waals surface area contributed by atoms with Gasteiger partial charge in [0, 0.05) is 5.69 Å². The summed E-state index contributed by atoms with van der Waals surface area (Å²) >= 11 is 0. The lowest BCUT2D eigenvalue weighted by molar-refractivity contribution is 0.335. The van der Waals surface area contributed by atoms with Crippen molar-refractivity contribution >= 4 is 0 Å². The zero-order valence-corrected chi connectivity index (χ0v) is 7.92. The van der Waals surface area contributed by atoms with E-state index in [1.807, 2.05) is 13.8 Å². The average molecular weight is 165 g/mol. The molecule has 0 atom stereocenters. The van der Waals surface area contributed by atoms with Crippen molar-refractivity contribution in [2.75, 3.05) is 6.61 Å². The molecule has 0 radical (unpaired) electrons. The van der Waals surface area contributed by atoms with Crippen molar-refractivity contribution in [2.45, 2.75) is 27.2 Å². The summed E-state index contributed by atoms with van der Waals surface area (Å²) in [6.45, 7) is 6.81. The maximum Gasteiger partial charge on any atom is 0.140 e. The van der Waals surface area contributed by atoms with E-state index in [1.54, 1.807) is 6.20 Å². The molecule has 66 valence electrons. The largest absolute Gasteiger partial charge is 0.492 e. The lowest BCUT2D eigenvalue weighted by atomic mass is 10.2. The second-order valence-corrected chi connectivity index (χ2v) is 2.72. The van der Waals surface area contributed by atoms with Gasteiger partial charge in [0.1, 0.15) is 5.75 Å². The molecule has 0 saturated heterocycles. The molecule has 2 nitrogen and oxygen atoms in total. The van der Waals surface area contributed by atoms with E-state index in [9.17, 15) is 0 Å². The van der Waals surface area contributed by atoms with Gasteiger partial charge in [-0.15, -0.1) is 0 Å². The van der Waals surface area contributed by atoms with Crippen LogP contribution in [0.5, 0.6) is 5.75 Å². The predicted octanol–water partition coefficient (Wildman–Crippen LogP) is 2.35. The Bertz CT molecular complexity index is 258. The minimum atomic E-state index is 0.706. The molecule has 0 N–H and O–H groups in total. The van der Waals surface area contributed by atoms with Crippen molar-refractivity contribution in [1.29, 1.82) is 0 Å². The van der Waals surface area contributed by atoms with E-state index < -0.39 is 0 Å². The van der Waals surface area contributed by atoms with E-state index in [0.717, 1.165) is 17.9 Å². The van der Waals surface area contributed by atoms with Crippen LogP contribution in [-0.2, 0) is 6.42 Å². The van der Waals surface area contributed by atoms with Crippen LogP contribution in [-0.4, -0.2) is 11.6 Å². The van der Waals surface area contributed by atoms with E-state index in [0.29, 0.717) is 6.61 Å². The van der Waals surface area contributed by atoms with Gasteiger partial charge in [-0.25, -0.2) is 0 Å². The smallest absolute Gasteiger partial charge is 0.140 e. The summed E-state index contributed by atoms with van der Waals surface area (Å²) in [7, 11) is 0. The minimum Gasteiger partial charge on any atom is -0.492 e. The first kappa shape index (κ1) is 9.04. The van der Waals surface area contributed by atoms with Crippen molar-refractivity contribution in [2.24, 2.45) is 0 Å². The van der Waals surface area contributed by atoms with Crippen LogP contribution in [0.15, 0.2) is 12.3 Å². The third-order valence-corrected chi connectivity index (χ3v) is 1.77. The summed E-state index contributed by atoms with van der Waals surface area (Å²) in [5.41, 5.74) is 2.29. The molecule has 0 aliphatic heterocycles. The van der Waals surface area contributed by atoms with E-state index in [-0.39, 0.29) is 0 Å². The van der Waals surface area contributed by atoms with Gasteiger partial charge >= 0.3 is 0 Å². The van der Waals surface area contributed by atoms with E-state index in [1.165, 1.54) is 5.56 Å². The molecule has 0 bridgehead atoms. The number of hydrogen-bond acceptors (Lipinski definition) is 2. The molecule has 0 amide bonds. The molecule has 1 aromatic heterocycles. The highest BCUT2D eigenvalue weighted by atomic mass is 16.5. The van der Waals surface area contributed by atoms with Crippen LogP contribution >= 0.6 is 0 Å². The maximum absolute atomic E-state index is 5.42. The average Bonchev–Trinajstić information content (AvgIpc) is 2.08. The molecule has 1 aromatic rings. The van der Waals surface area contributed by atoms with E-state index >= 15 is 0 Å². The van der Waals surface area contributed by atoms with Gasteiger partial charge in [0.2, 0.25) is 0 Å². The van der Waals surface area contributed by atoms with Crippen LogP contribution in [0.1, 0.15) is 25.1 Å². The van der Waals surface area contributed by atoms with Gasteiger partial charge in [-0.3, -0.25) is 4.98 Å². The zero-order valence-electron chi connectivity index (χ0n) is 7.92. The first-order valence-corrected chi connectivity index (χ1v) is 4.36. The molecular weight excluding hydrogens is 150 g/mol. The number of pyridine rings is 1. The van der Waals surface area contributed by atoms with Gasteiger partial charge in [-0.2, -0.15) is 0 Å². The van der Waals surface area contributed by atoms with Gasteiger partial charge < -0.3 is 4.74 Å². The molecule has 0 aromatic carbocycles. The Morgan fingerprint density at radius 2 is 2.17 bits per heavy atom. The van der Waals surface area contributed by atoms with Crippen molar-refractivity contribution in [1.82, 2.24) is 4.98 Å². The van der Waals surface area contributed by atoms with Gasteiger partial charge in [-0.05, 0) is 31.9 Å². The van der Waals surface area contributed by atoms with Crippen LogP contribution in [0, 0.1) is 6.92 Å². The summed E-state index contributed by atoms with van der Waals surface area (Å²) in [4.78, 5) is 4.18. The van der Waals surface area contributed by atoms with Crippen LogP contribution in [0.2, 0.25) is 0 Å². The molecule has 0 aliphatic rings. The van der Waals surface area contributed by atoms with Crippen molar-refractivity contribution < 1.29 is 4.74 Å². The monoisotopic (exact) mass is 165 g/mol. The molecule has 0 spiro atoms. The number of aromatic nitrogens is 1. The number of aryl methyl sites for hydroxylation is 2. The number of nitrogens with zero attached hydrogens (tertiary/aromatic N) is 1. The van der Waals surface area contributed by atoms with Gasteiger partial charge in [0.25, 0.3) is 0 Å². The quantitative estimate of drug-likeness (QED) is 0.686. The fraction of sp³-hybridized carbons (Fsp3) is 0.500. The predicted molar refractivity (Wildman–Crippen MR) is 49.5 cm³/mol. The zero-order chi connectivity index (χ0) is 8.97. The number of ether oxygens (including phenoxy) is 1. The normalized spacial score (nSPS) is 9.92. The fourth-order valence-electron chi connectivity index (χ4n) is 1.17. The summed E-state index contributed by atoms with van der Waals surface area (Å²) in [6.07, 6.45) is 2.80. The highest BCUT2D eigenvalue weighted by molar-refractivity contribution is 5.32. The molecule has 1 rings (SSSR count). The molecule has 0 fully saturated rings. The van der Waals surface area contributed by atoms with Gasteiger partial charge in [0.15, 0.2) is 0 Å². The number of hydrogen-bond donors (Lipinski definition) is 0. The summed E-state index contributed by atoms with van der Waals surface area (Å²) < 4.78 is 5.42. The number of rotatable bonds is 3. The molecule has 0 unspecified atom stereocenters. The fourth-order valence-corrected chi connectivity index (χ4v) is 1.17. The molecule has 1 heterocycles. The Labute approximate surface area is 73.6 Å². The Kier molecular flexibility index (Phi) is 3.09. The minimum absolute atomic E-state index is 0.706. The van der Waals surface area contributed by atoms with Crippen molar-refractivity contribution in [3.8, 4) is 5.75 Å². The van der Waals surface area contributed by atoms with E-state index in [2.05, 4.69) is 18.0 Å². The lowest BCUT2D eigenvalue weighted by Crippen LogP contribution is -1.97. The second kappa shape index (κ2) is 4.10. The molecule has 12 heavy (non-hydrogen) atoms. The lowest BCUT2D eigenvalue weighted by Gasteiger charge is -2.07. The maximum atomic E-state index is 5.42. The van der Waals surface area contributed by atoms with Crippen molar-refractivity contribution in [3.63, 3.8) is 0 Å². The summed E-state index contributed by atoms with van der Waals surface area (Å²) in [5, 5.41) is 0. The topological polar surface area (TPSA) is 22.1 Å².